The number of morpholine rings is 1. The van der Waals surface area contributed by atoms with Gasteiger partial charge in [-0.05, 0) is 19.8 Å². The third kappa shape index (κ3) is 4.46. The van der Waals surface area contributed by atoms with Crippen molar-refractivity contribution >= 4 is 17.2 Å². The van der Waals surface area contributed by atoms with E-state index in [4.69, 9.17) is 4.74 Å². The Kier molecular flexibility index (Phi) is 6.70. The van der Waals surface area contributed by atoms with Crippen molar-refractivity contribution in [3.63, 3.8) is 0 Å². The number of carbonyl (C=O) groups excluding carboxylic acids is 1. The molecule has 146 valence electrons. The SMILES string of the molecule is Cc1nc(C(C)C)sc1C(=O)NCC1(N2CCOCC2)CCCCCC1. The molecule has 1 amide bonds. The van der Waals surface area contributed by atoms with E-state index in [2.05, 4.69) is 29.0 Å². The molecule has 2 aliphatic rings. The van der Waals surface area contributed by atoms with E-state index in [9.17, 15) is 4.79 Å². The van der Waals surface area contributed by atoms with Crippen molar-refractivity contribution < 1.29 is 9.53 Å². The summed E-state index contributed by atoms with van der Waals surface area (Å²) in [7, 11) is 0. The van der Waals surface area contributed by atoms with Crippen molar-refractivity contribution in [3.8, 4) is 0 Å². The van der Waals surface area contributed by atoms with E-state index in [1.807, 2.05) is 6.92 Å². The summed E-state index contributed by atoms with van der Waals surface area (Å²) in [5.74, 6) is 0.408. The van der Waals surface area contributed by atoms with Gasteiger partial charge in [-0.25, -0.2) is 4.98 Å². The normalized spacial score (nSPS) is 21.5. The van der Waals surface area contributed by atoms with Crippen LogP contribution in [0.5, 0.6) is 0 Å². The number of hydrogen-bond acceptors (Lipinski definition) is 5. The second-order valence-electron chi connectivity index (χ2n) is 8.04. The van der Waals surface area contributed by atoms with Gasteiger partial charge in [-0.1, -0.05) is 39.5 Å². The second kappa shape index (κ2) is 8.81. The van der Waals surface area contributed by atoms with E-state index in [-0.39, 0.29) is 11.4 Å². The lowest BCUT2D eigenvalue weighted by molar-refractivity contribution is -0.0281. The van der Waals surface area contributed by atoms with Crippen molar-refractivity contribution in [1.29, 1.82) is 0 Å². The summed E-state index contributed by atoms with van der Waals surface area (Å²) in [6.07, 6.45) is 7.48. The highest BCUT2D eigenvalue weighted by molar-refractivity contribution is 7.13. The molecular weight excluding hydrogens is 346 g/mol. The van der Waals surface area contributed by atoms with Gasteiger partial charge in [0.1, 0.15) is 4.88 Å². The van der Waals surface area contributed by atoms with Gasteiger partial charge in [0.05, 0.1) is 23.9 Å². The first-order valence-electron chi connectivity index (χ1n) is 10.1. The van der Waals surface area contributed by atoms with Crippen LogP contribution in [-0.4, -0.2) is 54.2 Å². The van der Waals surface area contributed by atoms with Crippen molar-refractivity contribution in [3.05, 3.63) is 15.6 Å². The highest BCUT2D eigenvalue weighted by atomic mass is 32.1. The minimum atomic E-state index is 0.0452. The van der Waals surface area contributed by atoms with Gasteiger partial charge in [-0.15, -0.1) is 11.3 Å². The summed E-state index contributed by atoms with van der Waals surface area (Å²) in [5, 5.41) is 4.32. The molecule has 2 fully saturated rings. The Bertz CT molecular complexity index is 600. The summed E-state index contributed by atoms with van der Waals surface area (Å²) >= 11 is 1.54. The summed E-state index contributed by atoms with van der Waals surface area (Å²) in [6.45, 7) is 10.5. The number of amides is 1. The van der Waals surface area contributed by atoms with Crippen LogP contribution in [0.3, 0.4) is 0 Å². The molecule has 2 heterocycles. The highest BCUT2D eigenvalue weighted by Gasteiger charge is 2.38. The van der Waals surface area contributed by atoms with Crippen LogP contribution >= 0.6 is 11.3 Å². The molecule has 1 N–H and O–H groups in total. The number of ether oxygens (including phenoxy) is 1. The molecular formula is C20H33N3O2S. The Morgan fingerprint density at radius 2 is 1.88 bits per heavy atom. The lowest BCUT2D eigenvalue weighted by atomic mass is 9.87. The number of aromatic nitrogens is 1. The monoisotopic (exact) mass is 379 g/mol. The van der Waals surface area contributed by atoms with Gasteiger partial charge >= 0.3 is 0 Å². The minimum Gasteiger partial charge on any atom is -0.379 e. The van der Waals surface area contributed by atoms with Crippen molar-refractivity contribution in [2.24, 2.45) is 0 Å². The third-order valence-electron chi connectivity index (χ3n) is 5.81. The fraction of sp³-hybridized carbons (Fsp3) is 0.800. The van der Waals surface area contributed by atoms with Crippen LogP contribution in [0.25, 0.3) is 0 Å². The standard InChI is InChI=1S/C20H33N3O2S/c1-15(2)19-22-16(3)17(26-19)18(24)21-14-20(8-6-4-5-7-9-20)23-10-12-25-13-11-23/h15H,4-14H2,1-3H3,(H,21,24). The van der Waals surface area contributed by atoms with Crippen LogP contribution in [0.15, 0.2) is 0 Å². The van der Waals surface area contributed by atoms with Crippen molar-refractivity contribution in [1.82, 2.24) is 15.2 Å². The zero-order chi connectivity index (χ0) is 18.6. The number of rotatable bonds is 5. The molecule has 0 aromatic carbocycles. The Labute approximate surface area is 161 Å². The summed E-state index contributed by atoms with van der Waals surface area (Å²) < 4.78 is 5.57. The Morgan fingerprint density at radius 1 is 1.23 bits per heavy atom. The van der Waals surface area contributed by atoms with Crippen LogP contribution in [0.2, 0.25) is 0 Å². The Hall–Kier alpha value is -0.980. The van der Waals surface area contributed by atoms with E-state index in [1.165, 1.54) is 38.5 Å². The number of carbonyl (C=O) groups is 1. The number of aryl methyl sites for hydroxylation is 1. The molecule has 1 aliphatic carbocycles. The number of hydrogen-bond donors (Lipinski definition) is 1. The summed E-state index contributed by atoms with van der Waals surface area (Å²) in [4.78, 5) is 20.8. The molecule has 1 saturated heterocycles. The minimum absolute atomic E-state index is 0.0452. The maximum absolute atomic E-state index is 12.9. The van der Waals surface area contributed by atoms with Crippen molar-refractivity contribution in [2.45, 2.75) is 70.8 Å². The van der Waals surface area contributed by atoms with Gasteiger partial charge in [0.2, 0.25) is 0 Å². The molecule has 1 saturated carbocycles. The molecule has 5 nitrogen and oxygen atoms in total. The number of thiazole rings is 1. The van der Waals surface area contributed by atoms with Crippen LogP contribution in [0.1, 0.15) is 78.7 Å². The van der Waals surface area contributed by atoms with Gasteiger partial charge < -0.3 is 10.1 Å². The molecule has 0 atom stereocenters. The molecule has 0 bridgehead atoms. The zero-order valence-corrected chi connectivity index (χ0v) is 17.3. The summed E-state index contributed by atoms with van der Waals surface area (Å²) in [6, 6.07) is 0. The Balaban J connectivity index is 1.71. The van der Waals surface area contributed by atoms with Crippen LogP contribution in [0, 0.1) is 6.92 Å². The van der Waals surface area contributed by atoms with Crippen LogP contribution < -0.4 is 5.32 Å². The molecule has 0 radical (unpaired) electrons. The van der Waals surface area contributed by atoms with Gasteiger partial charge in [-0.2, -0.15) is 0 Å². The molecule has 3 rings (SSSR count). The maximum Gasteiger partial charge on any atom is 0.263 e. The predicted molar refractivity (Wildman–Crippen MR) is 106 cm³/mol. The van der Waals surface area contributed by atoms with Gasteiger partial charge in [0.25, 0.3) is 5.91 Å². The topological polar surface area (TPSA) is 54.5 Å². The molecule has 1 aromatic heterocycles. The Morgan fingerprint density at radius 3 is 2.46 bits per heavy atom. The summed E-state index contributed by atoms with van der Waals surface area (Å²) in [5.41, 5.74) is 0.951. The van der Waals surface area contributed by atoms with Gasteiger partial charge in [0, 0.05) is 31.1 Å². The van der Waals surface area contributed by atoms with Gasteiger partial charge in [-0.3, -0.25) is 9.69 Å². The fourth-order valence-corrected chi connectivity index (χ4v) is 5.21. The third-order valence-corrected chi connectivity index (χ3v) is 7.26. The average molecular weight is 380 g/mol. The first-order chi connectivity index (χ1) is 12.5. The molecule has 0 spiro atoms. The largest absolute Gasteiger partial charge is 0.379 e. The zero-order valence-electron chi connectivity index (χ0n) is 16.5. The molecule has 26 heavy (non-hydrogen) atoms. The first kappa shape index (κ1) is 19.8. The van der Waals surface area contributed by atoms with E-state index in [1.54, 1.807) is 11.3 Å². The number of nitrogens with zero attached hydrogens (tertiary/aromatic N) is 2. The first-order valence-corrected chi connectivity index (χ1v) is 10.9. The highest BCUT2D eigenvalue weighted by Crippen LogP contribution is 2.33. The maximum atomic E-state index is 12.9. The molecule has 0 unspecified atom stereocenters. The number of nitrogens with one attached hydrogen (secondary N) is 1. The molecule has 1 aliphatic heterocycles. The van der Waals surface area contributed by atoms with E-state index in [0.717, 1.165) is 48.4 Å². The predicted octanol–water partition coefficient (Wildman–Crippen LogP) is 3.73. The second-order valence-corrected chi connectivity index (χ2v) is 9.07. The molecule has 6 heteroatoms. The molecule has 1 aromatic rings. The van der Waals surface area contributed by atoms with E-state index < -0.39 is 0 Å². The lowest BCUT2D eigenvalue weighted by Crippen LogP contribution is -2.58. The smallest absolute Gasteiger partial charge is 0.263 e. The average Bonchev–Trinajstić information content (AvgIpc) is 2.89. The van der Waals surface area contributed by atoms with E-state index in [0.29, 0.717) is 5.92 Å². The quantitative estimate of drug-likeness (QED) is 0.792. The lowest BCUT2D eigenvalue weighted by Gasteiger charge is -2.45. The van der Waals surface area contributed by atoms with Crippen LogP contribution in [0.4, 0.5) is 0 Å². The van der Waals surface area contributed by atoms with E-state index >= 15 is 0 Å². The van der Waals surface area contributed by atoms with Crippen molar-refractivity contribution in [2.75, 3.05) is 32.8 Å². The van der Waals surface area contributed by atoms with Gasteiger partial charge in [0.15, 0.2) is 0 Å². The fourth-order valence-electron chi connectivity index (χ4n) is 4.23. The van der Waals surface area contributed by atoms with Crippen LogP contribution in [-0.2, 0) is 4.74 Å².